The molecule has 33 heavy (non-hydrogen) atoms. The van der Waals surface area contributed by atoms with E-state index in [1.54, 1.807) is 7.11 Å². The molecule has 3 nitrogen and oxygen atoms in total. The minimum Gasteiger partial charge on any atom is -0.497 e. The summed E-state index contributed by atoms with van der Waals surface area (Å²) in [6, 6.07) is 26.8. The number of hydrogen-bond acceptors (Lipinski definition) is 3. The quantitative estimate of drug-likeness (QED) is 0.326. The van der Waals surface area contributed by atoms with E-state index < -0.39 is 15.2 Å². The predicted molar refractivity (Wildman–Crippen MR) is 137 cm³/mol. The van der Waals surface area contributed by atoms with Gasteiger partial charge in [-0.05, 0) is 61.5 Å². The van der Waals surface area contributed by atoms with Crippen LogP contribution in [0.1, 0.15) is 30.0 Å². The standard InChI is InChI=1S/C28H31Cl2NO2/c1-5-26(21-11-15-24(32-4)16-12-21)27(28(26,29)30,22-9-7-6-8-10-22)23-13-17-25(18-14-23)33-20-19-31(2)3/h6-18H,5,19-20H2,1-4H3. The summed E-state index contributed by atoms with van der Waals surface area (Å²) in [6.07, 6.45) is 0.780. The van der Waals surface area contributed by atoms with Gasteiger partial charge in [-0.2, -0.15) is 0 Å². The predicted octanol–water partition coefficient (Wildman–Crippen LogP) is 6.46. The van der Waals surface area contributed by atoms with Crippen molar-refractivity contribution in [3.63, 3.8) is 0 Å². The molecule has 0 bridgehead atoms. The topological polar surface area (TPSA) is 21.7 Å². The van der Waals surface area contributed by atoms with Crippen LogP contribution in [0, 0.1) is 0 Å². The Kier molecular flexibility index (Phi) is 6.68. The molecule has 4 rings (SSSR count). The Hall–Kier alpha value is -2.20. The molecule has 3 aromatic carbocycles. The van der Waals surface area contributed by atoms with Crippen LogP contribution >= 0.6 is 23.2 Å². The van der Waals surface area contributed by atoms with Crippen molar-refractivity contribution in [1.29, 1.82) is 0 Å². The zero-order valence-electron chi connectivity index (χ0n) is 19.6. The number of halogens is 2. The second kappa shape index (κ2) is 9.21. The number of methoxy groups -OCH3 is 1. The van der Waals surface area contributed by atoms with Gasteiger partial charge in [-0.3, -0.25) is 0 Å². The average molecular weight is 484 g/mol. The SMILES string of the molecule is CCC1(c2ccc(OC)cc2)C(Cl)(Cl)C1(c1ccccc1)c1ccc(OCCN(C)C)cc1. The highest BCUT2D eigenvalue weighted by atomic mass is 35.5. The molecule has 1 saturated carbocycles. The first kappa shape index (κ1) is 23.9. The maximum atomic E-state index is 7.32. The second-order valence-electron chi connectivity index (χ2n) is 8.85. The Bertz CT molecular complexity index is 1070. The van der Waals surface area contributed by atoms with E-state index in [1.165, 1.54) is 0 Å². The van der Waals surface area contributed by atoms with E-state index in [2.05, 4.69) is 48.2 Å². The summed E-state index contributed by atoms with van der Waals surface area (Å²) in [6.45, 7) is 3.65. The van der Waals surface area contributed by atoms with Gasteiger partial charge in [0.25, 0.3) is 0 Å². The van der Waals surface area contributed by atoms with Crippen molar-refractivity contribution in [1.82, 2.24) is 4.90 Å². The maximum Gasteiger partial charge on any atom is 0.143 e. The summed E-state index contributed by atoms with van der Waals surface area (Å²) in [5.41, 5.74) is 2.19. The highest BCUT2D eigenvalue weighted by Gasteiger charge is 2.87. The van der Waals surface area contributed by atoms with E-state index >= 15 is 0 Å². The zero-order valence-corrected chi connectivity index (χ0v) is 21.2. The van der Waals surface area contributed by atoms with Crippen LogP contribution in [0.3, 0.4) is 0 Å². The molecule has 1 aliphatic carbocycles. The number of hydrogen-bond donors (Lipinski definition) is 0. The fraction of sp³-hybridized carbons (Fsp3) is 0.357. The lowest BCUT2D eigenvalue weighted by atomic mass is 9.76. The van der Waals surface area contributed by atoms with E-state index in [-0.39, 0.29) is 0 Å². The van der Waals surface area contributed by atoms with Gasteiger partial charge in [0.2, 0.25) is 0 Å². The molecule has 5 heteroatoms. The largest absolute Gasteiger partial charge is 0.497 e. The van der Waals surface area contributed by atoms with Gasteiger partial charge in [-0.25, -0.2) is 0 Å². The van der Waals surface area contributed by atoms with E-state index in [4.69, 9.17) is 32.7 Å². The highest BCUT2D eigenvalue weighted by Crippen LogP contribution is 2.82. The van der Waals surface area contributed by atoms with E-state index in [0.29, 0.717) is 6.61 Å². The molecule has 0 aromatic heterocycles. The molecule has 1 aliphatic rings. The Labute approximate surface area is 207 Å². The minimum atomic E-state index is -1.03. The Morgan fingerprint density at radius 1 is 0.758 bits per heavy atom. The summed E-state index contributed by atoms with van der Waals surface area (Å²) in [7, 11) is 5.74. The molecule has 2 atom stereocenters. The second-order valence-corrected chi connectivity index (χ2v) is 10.2. The van der Waals surface area contributed by atoms with E-state index in [0.717, 1.165) is 41.2 Å². The highest BCUT2D eigenvalue weighted by molar-refractivity contribution is 6.54. The summed E-state index contributed by atoms with van der Waals surface area (Å²) >= 11 is 14.6. The molecule has 0 spiro atoms. The Morgan fingerprint density at radius 3 is 1.85 bits per heavy atom. The van der Waals surface area contributed by atoms with Crippen molar-refractivity contribution in [2.75, 3.05) is 34.4 Å². The number of ether oxygens (including phenoxy) is 2. The van der Waals surface area contributed by atoms with Gasteiger partial charge in [-0.1, -0.05) is 84.7 Å². The molecular weight excluding hydrogens is 453 g/mol. The third-order valence-electron chi connectivity index (χ3n) is 7.00. The fourth-order valence-corrected chi connectivity index (χ4v) is 6.80. The molecule has 0 radical (unpaired) electrons. The summed E-state index contributed by atoms with van der Waals surface area (Å²) in [5, 5.41) is 0. The van der Waals surface area contributed by atoms with Crippen LogP contribution in [0.2, 0.25) is 0 Å². The van der Waals surface area contributed by atoms with Crippen molar-refractivity contribution in [3.05, 3.63) is 95.6 Å². The third kappa shape index (κ3) is 3.62. The van der Waals surface area contributed by atoms with Gasteiger partial charge in [0.1, 0.15) is 22.4 Å². The summed E-state index contributed by atoms with van der Waals surface area (Å²) in [5.74, 6) is 1.65. The van der Waals surface area contributed by atoms with Crippen molar-refractivity contribution in [2.24, 2.45) is 0 Å². The molecule has 3 aromatic rings. The van der Waals surface area contributed by atoms with Crippen LogP contribution in [0.4, 0.5) is 0 Å². The van der Waals surface area contributed by atoms with Crippen LogP contribution in [0.5, 0.6) is 11.5 Å². The lowest BCUT2D eigenvalue weighted by Gasteiger charge is -2.26. The van der Waals surface area contributed by atoms with Crippen LogP contribution in [0.25, 0.3) is 0 Å². The van der Waals surface area contributed by atoms with Crippen LogP contribution in [-0.4, -0.2) is 43.6 Å². The van der Waals surface area contributed by atoms with Gasteiger partial charge >= 0.3 is 0 Å². The Morgan fingerprint density at radius 2 is 1.30 bits per heavy atom. The zero-order chi connectivity index (χ0) is 23.7. The fourth-order valence-electron chi connectivity index (χ4n) is 5.37. The third-order valence-corrected chi connectivity index (χ3v) is 8.21. The number of rotatable bonds is 9. The molecule has 0 N–H and O–H groups in total. The first-order valence-corrected chi connectivity index (χ1v) is 12.1. The number of likely N-dealkylation sites (N-methyl/N-ethyl adjacent to an activating group) is 1. The summed E-state index contributed by atoms with van der Waals surface area (Å²) in [4.78, 5) is 2.10. The van der Waals surface area contributed by atoms with Gasteiger partial charge in [-0.15, -0.1) is 0 Å². The van der Waals surface area contributed by atoms with Crippen molar-refractivity contribution >= 4 is 23.2 Å². The maximum absolute atomic E-state index is 7.32. The molecule has 0 aliphatic heterocycles. The molecule has 2 unspecified atom stereocenters. The van der Waals surface area contributed by atoms with E-state index in [1.807, 2.05) is 56.6 Å². The lowest BCUT2D eigenvalue weighted by Crippen LogP contribution is -2.23. The van der Waals surface area contributed by atoms with Gasteiger partial charge < -0.3 is 14.4 Å². The lowest BCUT2D eigenvalue weighted by molar-refractivity contribution is 0.261. The molecular formula is C28H31Cl2NO2. The number of nitrogens with zero attached hydrogens (tertiary/aromatic N) is 1. The van der Waals surface area contributed by atoms with Gasteiger partial charge in [0.05, 0.1) is 12.5 Å². The smallest absolute Gasteiger partial charge is 0.143 e. The monoisotopic (exact) mass is 483 g/mol. The van der Waals surface area contributed by atoms with Crippen molar-refractivity contribution < 1.29 is 9.47 Å². The molecule has 174 valence electrons. The molecule has 0 amide bonds. The van der Waals surface area contributed by atoms with Gasteiger partial charge in [0.15, 0.2) is 0 Å². The van der Waals surface area contributed by atoms with Gasteiger partial charge in [0, 0.05) is 12.0 Å². The average Bonchev–Trinajstić information content (AvgIpc) is 3.30. The Balaban J connectivity index is 1.82. The van der Waals surface area contributed by atoms with Crippen molar-refractivity contribution in [2.45, 2.75) is 28.5 Å². The minimum absolute atomic E-state index is 0.496. The van der Waals surface area contributed by atoms with Crippen LogP contribution < -0.4 is 9.47 Å². The first-order valence-electron chi connectivity index (χ1n) is 11.3. The van der Waals surface area contributed by atoms with Crippen LogP contribution in [-0.2, 0) is 10.8 Å². The number of alkyl halides is 2. The van der Waals surface area contributed by atoms with Crippen LogP contribution in [0.15, 0.2) is 78.9 Å². The molecule has 0 heterocycles. The first-order chi connectivity index (χ1) is 15.8. The van der Waals surface area contributed by atoms with Crippen molar-refractivity contribution in [3.8, 4) is 11.5 Å². The molecule has 1 fully saturated rings. The summed E-state index contributed by atoms with van der Waals surface area (Å²) < 4.78 is 10.3. The van der Waals surface area contributed by atoms with E-state index in [9.17, 15) is 0 Å². The normalized spacial score (nSPS) is 23.4. The number of benzene rings is 3. The molecule has 0 saturated heterocycles.